The van der Waals surface area contributed by atoms with E-state index in [1.54, 1.807) is 0 Å². The Labute approximate surface area is 147 Å². The zero-order valence-electron chi connectivity index (χ0n) is 13.5. The van der Waals surface area contributed by atoms with Crippen LogP contribution in [0.1, 0.15) is 11.1 Å². The minimum absolute atomic E-state index is 0.0172. The van der Waals surface area contributed by atoms with Crippen molar-refractivity contribution in [1.82, 2.24) is 15.2 Å². The molecule has 0 amide bonds. The van der Waals surface area contributed by atoms with Crippen LogP contribution in [0.5, 0.6) is 0 Å². The lowest BCUT2D eigenvalue weighted by Gasteiger charge is -2.18. The lowest BCUT2D eigenvalue weighted by atomic mass is 10.1. The first-order valence-electron chi connectivity index (χ1n) is 8.01. The van der Waals surface area contributed by atoms with Crippen LogP contribution in [0.15, 0.2) is 54.7 Å². The smallest absolute Gasteiger partial charge is 0.324 e. The van der Waals surface area contributed by atoms with E-state index in [1.165, 1.54) is 30.0 Å². The van der Waals surface area contributed by atoms with Crippen LogP contribution >= 0.6 is 0 Å². The number of aromatic nitrogens is 3. The molecule has 5 nitrogen and oxygen atoms in total. The highest BCUT2D eigenvalue weighted by atomic mass is 19.4. The number of nitrogens with zero attached hydrogens (tertiary/aromatic N) is 4. The Balaban J connectivity index is 1.64. The van der Waals surface area contributed by atoms with Gasteiger partial charge in [-0.1, -0.05) is 30.3 Å². The highest BCUT2D eigenvalue weighted by Crippen LogP contribution is 2.36. The summed E-state index contributed by atoms with van der Waals surface area (Å²) in [6.45, 7) is 0.733. The number of rotatable bonds is 3. The molecule has 2 aromatic carbocycles. The number of hydrogen-bond acceptors (Lipinski definition) is 5. The minimum Gasteiger partial charge on any atom is -0.324 e. The van der Waals surface area contributed by atoms with Crippen LogP contribution in [0.25, 0.3) is 0 Å². The van der Waals surface area contributed by atoms with Crippen molar-refractivity contribution in [3.8, 4) is 0 Å². The van der Waals surface area contributed by atoms with Gasteiger partial charge in [0.1, 0.15) is 0 Å². The first-order valence-corrected chi connectivity index (χ1v) is 8.01. The molecule has 26 heavy (non-hydrogen) atoms. The van der Waals surface area contributed by atoms with Gasteiger partial charge < -0.3 is 10.2 Å². The van der Waals surface area contributed by atoms with Crippen molar-refractivity contribution in [3.05, 3.63) is 65.9 Å². The number of benzene rings is 2. The van der Waals surface area contributed by atoms with Gasteiger partial charge in [0.25, 0.3) is 0 Å². The third-order valence-corrected chi connectivity index (χ3v) is 4.19. The zero-order valence-corrected chi connectivity index (χ0v) is 13.5. The monoisotopic (exact) mass is 357 g/mol. The van der Waals surface area contributed by atoms with Crippen molar-refractivity contribution < 1.29 is 13.2 Å². The molecule has 1 aliphatic rings. The van der Waals surface area contributed by atoms with Crippen LogP contribution in [0.4, 0.5) is 36.3 Å². The number of hydrogen-bond donors (Lipinski definition) is 1. The van der Waals surface area contributed by atoms with Crippen LogP contribution in [0, 0.1) is 0 Å². The number of fused-ring (bicyclic) bond motifs is 1. The standard InChI is InChI=1S/C18H14F3N5/c19-18(20,21)13-6-2-3-7-14(13)23-17-24-16(11-22-25-17)26-10-9-12-5-1-4-8-15(12)26/h1-8,11H,9-10H2,(H,23,24,25). The van der Waals surface area contributed by atoms with Crippen molar-refractivity contribution in [2.75, 3.05) is 16.8 Å². The molecule has 0 aliphatic carbocycles. The van der Waals surface area contributed by atoms with Crippen molar-refractivity contribution in [1.29, 1.82) is 0 Å². The van der Waals surface area contributed by atoms with Crippen LogP contribution in [0.2, 0.25) is 0 Å². The molecule has 0 atom stereocenters. The van der Waals surface area contributed by atoms with Gasteiger partial charge in [-0.2, -0.15) is 23.3 Å². The second-order valence-corrected chi connectivity index (χ2v) is 5.84. The summed E-state index contributed by atoms with van der Waals surface area (Å²) in [5.74, 6) is 0.556. The summed E-state index contributed by atoms with van der Waals surface area (Å²) in [5.41, 5.74) is 1.33. The number of halogens is 3. The van der Waals surface area contributed by atoms with Gasteiger partial charge in [-0.05, 0) is 30.2 Å². The van der Waals surface area contributed by atoms with Gasteiger partial charge >= 0.3 is 6.18 Å². The Hall–Kier alpha value is -3.16. The maximum absolute atomic E-state index is 13.1. The number of alkyl halides is 3. The van der Waals surface area contributed by atoms with Gasteiger partial charge in [-0.3, -0.25) is 0 Å². The van der Waals surface area contributed by atoms with Crippen LogP contribution in [-0.4, -0.2) is 21.7 Å². The second kappa shape index (κ2) is 6.29. The van der Waals surface area contributed by atoms with Crippen LogP contribution in [-0.2, 0) is 12.6 Å². The third kappa shape index (κ3) is 3.05. The number of anilines is 4. The first-order chi connectivity index (χ1) is 12.5. The van der Waals surface area contributed by atoms with Crippen LogP contribution < -0.4 is 10.2 Å². The highest BCUT2D eigenvalue weighted by molar-refractivity contribution is 5.68. The van der Waals surface area contributed by atoms with E-state index in [9.17, 15) is 13.2 Å². The summed E-state index contributed by atoms with van der Waals surface area (Å²) in [7, 11) is 0. The predicted octanol–water partition coefficient (Wildman–Crippen LogP) is 4.33. The summed E-state index contributed by atoms with van der Waals surface area (Å²) in [6.07, 6.45) is -2.09. The van der Waals surface area contributed by atoms with E-state index >= 15 is 0 Å². The van der Waals surface area contributed by atoms with E-state index in [4.69, 9.17) is 0 Å². The number of para-hydroxylation sites is 2. The summed E-state index contributed by atoms with van der Waals surface area (Å²) < 4.78 is 39.4. The van der Waals surface area contributed by atoms with Crippen molar-refractivity contribution >= 4 is 23.1 Å². The quantitative estimate of drug-likeness (QED) is 0.756. The van der Waals surface area contributed by atoms with Crippen LogP contribution in [0.3, 0.4) is 0 Å². The fourth-order valence-corrected chi connectivity index (χ4v) is 3.01. The Morgan fingerprint density at radius 1 is 1.00 bits per heavy atom. The molecule has 2 heterocycles. The Morgan fingerprint density at radius 3 is 2.62 bits per heavy atom. The molecule has 0 fully saturated rings. The molecule has 0 bridgehead atoms. The zero-order chi connectivity index (χ0) is 18.1. The lowest BCUT2D eigenvalue weighted by Crippen LogP contribution is -2.16. The molecule has 8 heteroatoms. The molecule has 1 N–H and O–H groups in total. The molecular formula is C18H14F3N5. The molecule has 132 valence electrons. The highest BCUT2D eigenvalue weighted by Gasteiger charge is 2.33. The van der Waals surface area contributed by atoms with E-state index in [0.717, 1.165) is 24.7 Å². The largest absolute Gasteiger partial charge is 0.418 e. The van der Waals surface area contributed by atoms with Crippen molar-refractivity contribution in [2.24, 2.45) is 0 Å². The van der Waals surface area contributed by atoms with Gasteiger partial charge in [0, 0.05) is 12.2 Å². The first kappa shape index (κ1) is 16.3. The Morgan fingerprint density at radius 2 is 1.77 bits per heavy atom. The molecule has 1 aliphatic heterocycles. The molecule has 0 unspecified atom stereocenters. The van der Waals surface area contributed by atoms with Gasteiger partial charge in [-0.25, -0.2) is 0 Å². The Bertz CT molecular complexity index is 942. The Kier molecular flexibility index (Phi) is 3.95. The maximum Gasteiger partial charge on any atom is 0.418 e. The van der Waals surface area contributed by atoms with Gasteiger partial charge in [0.05, 0.1) is 17.4 Å². The molecule has 1 aromatic heterocycles. The van der Waals surface area contributed by atoms with E-state index in [2.05, 4.69) is 20.5 Å². The SMILES string of the molecule is FC(F)(F)c1ccccc1Nc1nncc(N2CCc3ccccc32)n1. The predicted molar refractivity (Wildman–Crippen MR) is 91.7 cm³/mol. The average molecular weight is 357 g/mol. The summed E-state index contributed by atoms with van der Waals surface area (Å²) in [6, 6.07) is 13.1. The normalized spacial score (nSPS) is 13.6. The molecule has 3 aromatic rings. The molecule has 0 saturated heterocycles. The van der Waals surface area contributed by atoms with Gasteiger partial charge in [-0.15, -0.1) is 5.10 Å². The summed E-state index contributed by atoms with van der Waals surface area (Å²) in [5, 5.41) is 10.3. The van der Waals surface area contributed by atoms with Gasteiger partial charge in [0.2, 0.25) is 5.95 Å². The third-order valence-electron chi connectivity index (χ3n) is 4.19. The van der Waals surface area contributed by atoms with E-state index < -0.39 is 11.7 Å². The molecule has 0 spiro atoms. The molecular weight excluding hydrogens is 343 g/mol. The van der Waals surface area contributed by atoms with Crippen molar-refractivity contribution in [2.45, 2.75) is 12.6 Å². The van der Waals surface area contributed by atoms with E-state index in [-0.39, 0.29) is 11.6 Å². The van der Waals surface area contributed by atoms with Crippen molar-refractivity contribution in [3.63, 3.8) is 0 Å². The van der Waals surface area contributed by atoms with Gasteiger partial charge in [0.15, 0.2) is 5.82 Å². The summed E-state index contributed by atoms with van der Waals surface area (Å²) >= 11 is 0. The molecule has 4 rings (SSSR count). The molecule has 0 radical (unpaired) electrons. The summed E-state index contributed by atoms with van der Waals surface area (Å²) in [4.78, 5) is 6.32. The topological polar surface area (TPSA) is 53.9 Å². The van der Waals surface area contributed by atoms with E-state index in [0.29, 0.717) is 5.82 Å². The second-order valence-electron chi connectivity index (χ2n) is 5.84. The van der Waals surface area contributed by atoms with E-state index in [1.807, 2.05) is 29.2 Å². The average Bonchev–Trinajstić information content (AvgIpc) is 3.06. The fraction of sp³-hybridized carbons (Fsp3) is 0.167. The fourth-order valence-electron chi connectivity index (χ4n) is 3.01. The maximum atomic E-state index is 13.1. The lowest BCUT2D eigenvalue weighted by molar-refractivity contribution is -0.136. The number of nitrogens with one attached hydrogen (secondary N) is 1. The minimum atomic E-state index is -4.47. The molecule has 0 saturated carbocycles.